The normalized spacial score (nSPS) is 12.3. The Balaban J connectivity index is 3.00. The van der Waals surface area contributed by atoms with Crippen LogP contribution in [0.3, 0.4) is 0 Å². The van der Waals surface area contributed by atoms with E-state index < -0.39 is 10.0 Å². The molecule has 1 rings (SSSR count). The lowest BCUT2D eigenvalue weighted by Gasteiger charge is -2.19. The summed E-state index contributed by atoms with van der Waals surface area (Å²) < 4.78 is 26.1. The zero-order valence-corrected chi connectivity index (χ0v) is 12.3. The summed E-state index contributed by atoms with van der Waals surface area (Å²) in [5.41, 5.74) is 0.969. The minimum atomic E-state index is -3.37. The van der Waals surface area contributed by atoms with Gasteiger partial charge in [-0.3, -0.25) is 0 Å². The Hall–Kier alpha value is -0.910. The monoisotopic (exact) mass is 270 g/mol. The first-order chi connectivity index (χ1) is 8.37. The predicted octanol–water partition coefficient (Wildman–Crippen LogP) is 1.68. The summed E-state index contributed by atoms with van der Waals surface area (Å²) in [7, 11) is 0.0951. The number of hydrogen-bond donors (Lipinski definition) is 1. The van der Waals surface area contributed by atoms with Gasteiger partial charge in [-0.2, -0.15) is 0 Å². The Morgan fingerprint density at radius 3 is 2.56 bits per heavy atom. The van der Waals surface area contributed by atoms with Gasteiger partial charge in [0, 0.05) is 20.1 Å². The van der Waals surface area contributed by atoms with Gasteiger partial charge in [-0.05, 0) is 30.7 Å². The number of benzene rings is 1. The van der Waals surface area contributed by atoms with Gasteiger partial charge in [0.1, 0.15) is 0 Å². The molecule has 1 aromatic carbocycles. The molecule has 0 spiro atoms. The lowest BCUT2D eigenvalue weighted by atomic mass is 10.2. The van der Waals surface area contributed by atoms with Crippen LogP contribution >= 0.6 is 0 Å². The van der Waals surface area contributed by atoms with E-state index in [9.17, 15) is 8.42 Å². The van der Waals surface area contributed by atoms with E-state index in [0.717, 1.165) is 5.56 Å². The molecule has 0 aromatic heterocycles. The van der Waals surface area contributed by atoms with Crippen molar-refractivity contribution in [3.63, 3.8) is 0 Å². The first kappa shape index (κ1) is 15.1. The van der Waals surface area contributed by atoms with Crippen LogP contribution in [0.2, 0.25) is 0 Å². The smallest absolute Gasteiger partial charge is 0.242 e. The van der Waals surface area contributed by atoms with Crippen molar-refractivity contribution in [2.24, 2.45) is 5.92 Å². The van der Waals surface area contributed by atoms with Crippen molar-refractivity contribution in [3.05, 3.63) is 29.8 Å². The van der Waals surface area contributed by atoms with E-state index in [-0.39, 0.29) is 0 Å². The molecular weight excluding hydrogens is 248 g/mol. The van der Waals surface area contributed by atoms with Crippen molar-refractivity contribution < 1.29 is 8.42 Å². The molecule has 1 N–H and O–H groups in total. The molecule has 0 aliphatic rings. The first-order valence-electron chi connectivity index (χ1n) is 6.07. The second-order valence-corrected chi connectivity index (χ2v) is 6.90. The average molecular weight is 270 g/mol. The Morgan fingerprint density at radius 2 is 2.00 bits per heavy atom. The van der Waals surface area contributed by atoms with E-state index in [1.165, 1.54) is 4.31 Å². The van der Waals surface area contributed by atoms with E-state index in [0.29, 0.717) is 23.9 Å². The van der Waals surface area contributed by atoms with E-state index in [4.69, 9.17) is 0 Å². The second-order valence-electron chi connectivity index (χ2n) is 4.86. The van der Waals surface area contributed by atoms with Crippen molar-refractivity contribution in [1.82, 2.24) is 9.62 Å². The summed E-state index contributed by atoms with van der Waals surface area (Å²) in [5, 5.41) is 3.02. The van der Waals surface area contributed by atoms with E-state index >= 15 is 0 Å². The Labute approximate surface area is 110 Å². The largest absolute Gasteiger partial charge is 0.316 e. The van der Waals surface area contributed by atoms with Gasteiger partial charge in [-0.15, -0.1) is 0 Å². The molecule has 0 atom stereocenters. The molecule has 0 amide bonds. The van der Waals surface area contributed by atoms with E-state index in [2.05, 4.69) is 5.32 Å². The maximum absolute atomic E-state index is 12.3. The van der Waals surface area contributed by atoms with Crippen molar-refractivity contribution in [2.75, 3.05) is 20.6 Å². The molecule has 0 aliphatic heterocycles. The summed E-state index contributed by atoms with van der Waals surface area (Å²) in [6, 6.07) is 7.06. The topological polar surface area (TPSA) is 49.4 Å². The average Bonchev–Trinajstić information content (AvgIpc) is 2.29. The molecular formula is C13H22N2O2S. The van der Waals surface area contributed by atoms with Gasteiger partial charge in [0.15, 0.2) is 0 Å². The minimum absolute atomic E-state index is 0.310. The fraction of sp³-hybridized carbons (Fsp3) is 0.538. The Morgan fingerprint density at radius 1 is 1.33 bits per heavy atom. The third-order valence-electron chi connectivity index (χ3n) is 2.61. The van der Waals surface area contributed by atoms with Crippen molar-refractivity contribution >= 4 is 10.0 Å². The summed E-state index contributed by atoms with van der Waals surface area (Å²) in [6.45, 7) is 5.20. The molecule has 0 fully saturated rings. The van der Waals surface area contributed by atoms with Gasteiger partial charge in [0.25, 0.3) is 0 Å². The molecule has 0 heterocycles. The molecule has 1 aromatic rings. The second kappa shape index (κ2) is 6.31. The van der Waals surface area contributed by atoms with E-state index in [1.54, 1.807) is 25.2 Å². The highest BCUT2D eigenvalue weighted by molar-refractivity contribution is 7.89. The van der Waals surface area contributed by atoms with Gasteiger partial charge >= 0.3 is 0 Å². The van der Waals surface area contributed by atoms with Crippen LogP contribution < -0.4 is 5.32 Å². The van der Waals surface area contributed by atoms with Crippen molar-refractivity contribution in [1.29, 1.82) is 0 Å². The van der Waals surface area contributed by atoms with Crippen molar-refractivity contribution in [2.45, 2.75) is 25.3 Å². The lowest BCUT2D eigenvalue weighted by Crippen LogP contribution is -2.30. The number of nitrogens with one attached hydrogen (secondary N) is 1. The summed E-state index contributed by atoms with van der Waals surface area (Å²) >= 11 is 0. The van der Waals surface area contributed by atoms with Crippen LogP contribution in [0.4, 0.5) is 0 Å². The van der Waals surface area contributed by atoms with Gasteiger partial charge in [0.2, 0.25) is 10.0 Å². The molecule has 0 unspecified atom stereocenters. The Kier molecular flexibility index (Phi) is 5.31. The standard InChI is InChI=1S/C13H22N2O2S/c1-11(2)10-15(4)18(16,17)13-7-5-6-12(8-13)9-14-3/h5-8,11,14H,9-10H2,1-4H3. The summed E-state index contributed by atoms with van der Waals surface area (Å²) in [6.07, 6.45) is 0. The molecule has 0 aliphatic carbocycles. The maximum Gasteiger partial charge on any atom is 0.242 e. The predicted molar refractivity (Wildman–Crippen MR) is 73.9 cm³/mol. The molecule has 18 heavy (non-hydrogen) atoms. The molecule has 5 heteroatoms. The highest BCUT2D eigenvalue weighted by atomic mass is 32.2. The van der Waals surface area contributed by atoms with Crippen LogP contribution in [0.25, 0.3) is 0 Å². The molecule has 4 nitrogen and oxygen atoms in total. The SMILES string of the molecule is CNCc1cccc(S(=O)(=O)N(C)CC(C)C)c1. The van der Waals surface area contributed by atoms with Crippen LogP contribution in [0.5, 0.6) is 0 Å². The quantitative estimate of drug-likeness (QED) is 0.855. The molecule has 0 saturated carbocycles. The van der Waals surface area contributed by atoms with Gasteiger partial charge in [0.05, 0.1) is 4.90 Å². The third-order valence-corrected chi connectivity index (χ3v) is 4.43. The highest BCUT2D eigenvalue weighted by Crippen LogP contribution is 2.17. The number of sulfonamides is 1. The van der Waals surface area contributed by atoms with Gasteiger partial charge in [-0.25, -0.2) is 12.7 Å². The van der Waals surface area contributed by atoms with Crippen molar-refractivity contribution in [3.8, 4) is 0 Å². The van der Waals surface area contributed by atoms with Crippen LogP contribution in [-0.4, -0.2) is 33.4 Å². The molecule has 0 radical (unpaired) electrons. The zero-order valence-electron chi connectivity index (χ0n) is 11.5. The van der Waals surface area contributed by atoms with Gasteiger partial charge in [-0.1, -0.05) is 26.0 Å². The zero-order chi connectivity index (χ0) is 13.8. The first-order valence-corrected chi connectivity index (χ1v) is 7.51. The Bertz CT molecular complexity index is 484. The fourth-order valence-electron chi connectivity index (χ4n) is 1.81. The number of nitrogens with zero attached hydrogens (tertiary/aromatic N) is 1. The number of rotatable bonds is 6. The van der Waals surface area contributed by atoms with Gasteiger partial charge < -0.3 is 5.32 Å². The minimum Gasteiger partial charge on any atom is -0.316 e. The highest BCUT2D eigenvalue weighted by Gasteiger charge is 2.21. The van der Waals surface area contributed by atoms with Crippen LogP contribution in [0.15, 0.2) is 29.2 Å². The molecule has 0 saturated heterocycles. The van der Waals surface area contributed by atoms with Crippen LogP contribution in [0, 0.1) is 5.92 Å². The molecule has 102 valence electrons. The maximum atomic E-state index is 12.3. The fourth-order valence-corrected chi connectivity index (χ4v) is 3.22. The lowest BCUT2D eigenvalue weighted by molar-refractivity contribution is 0.417. The summed E-state index contributed by atoms with van der Waals surface area (Å²) in [5.74, 6) is 0.310. The van der Waals surface area contributed by atoms with Crippen LogP contribution in [-0.2, 0) is 16.6 Å². The van der Waals surface area contributed by atoms with E-state index in [1.807, 2.05) is 27.0 Å². The van der Waals surface area contributed by atoms with Crippen LogP contribution in [0.1, 0.15) is 19.4 Å². The number of hydrogen-bond acceptors (Lipinski definition) is 3. The molecule has 0 bridgehead atoms. The summed E-state index contributed by atoms with van der Waals surface area (Å²) in [4.78, 5) is 0.360. The third kappa shape index (κ3) is 3.80.